The minimum absolute atomic E-state index is 0.0441. The van der Waals surface area contributed by atoms with Gasteiger partial charge in [0, 0.05) is 36.0 Å². The highest BCUT2D eigenvalue weighted by Crippen LogP contribution is 2.31. The Kier molecular flexibility index (Phi) is 4.03. The molecule has 0 aliphatic heterocycles. The Morgan fingerprint density at radius 3 is 2.70 bits per heavy atom. The van der Waals surface area contributed by atoms with Crippen LogP contribution in [0.25, 0.3) is 10.8 Å². The van der Waals surface area contributed by atoms with E-state index in [0.29, 0.717) is 22.7 Å². The van der Waals surface area contributed by atoms with E-state index in [2.05, 4.69) is 4.98 Å². The lowest BCUT2D eigenvalue weighted by atomic mass is 9.96. The van der Waals surface area contributed by atoms with Crippen LogP contribution in [0.15, 0.2) is 48.4 Å². The molecule has 27 heavy (non-hydrogen) atoms. The van der Waals surface area contributed by atoms with E-state index in [1.54, 1.807) is 17.8 Å². The van der Waals surface area contributed by atoms with E-state index in [-0.39, 0.29) is 23.9 Å². The lowest BCUT2D eigenvalue weighted by molar-refractivity contribution is 0.0912. The summed E-state index contributed by atoms with van der Waals surface area (Å²) >= 11 is 0. The second-order valence-electron chi connectivity index (χ2n) is 6.38. The number of Topliss-reactive ketones (excluding diaryl/α,β-unsaturated/α-hetero) is 1. The molecule has 1 aromatic carbocycles. The number of hydrogen-bond acceptors (Lipinski definition) is 5. The maximum absolute atomic E-state index is 12.8. The number of aromatic nitrogens is 2. The molecule has 3 aromatic rings. The van der Waals surface area contributed by atoms with Crippen molar-refractivity contribution in [1.82, 2.24) is 9.55 Å². The van der Waals surface area contributed by atoms with Gasteiger partial charge in [-0.3, -0.25) is 9.59 Å². The largest absolute Gasteiger partial charge is 0.492 e. The van der Waals surface area contributed by atoms with Gasteiger partial charge in [-0.2, -0.15) is 0 Å². The number of nitrogens with zero attached hydrogens (tertiary/aromatic N) is 2. The highest BCUT2D eigenvalue weighted by atomic mass is 16.5. The van der Waals surface area contributed by atoms with Gasteiger partial charge < -0.3 is 14.0 Å². The molecule has 0 fully saturated rings. The lowest BCUT2D eigenvalue weighted by Gasteiger charge is -2.13. The molecular formula is C21H18N2O4. The molecule has 0 N–H and O–H groups in total. The molecule has 0 bridgehead atoms. The number of ketones is 2. The summed E-state index contributed by atoms with van der Waals surface area (Å²) < 4.78 is 12.8. The Morgan fingerprint density at radius 1 is 1.15 bits per heavy atom. The second kappa shape index (κ2) is 6.39. The minimum atomic E-state index is -0.305. The second-order valence-corrected chi connectivity index (χ2v) is 6.38. The zero-order valence-electron chi connectivity index (χ0n) is 15.3. The van der Waals surface area contributed by atoms with E-state index in [9.17, 15) is 9.59 Å². The molecule has 2 aromatic heterocycles. The molecule has 0 atom stereocenters. The number of pyridine rings is 1. The van der Waals surface area contributed by atoms with Crippen molar-refractivity contribution < 1.29 is 19.1 Å². The highest BCUT2D eigenvalue weighted by Gasteiger charge is 2.34. The quantitative estimate of drug-likeness (QED) is 0.712. The van der Waals surface area contributed by atoms with Crippen molar-refractivity contribution in [3.63, 3.8) is 0 Å². The average Bonchev–Trinajstić information content (AvgIpc) is 2.94. The Hall–Kier alpha value is -3.41. The number of benzene rings is 1. The summed E-state index contributed by atoms with van der Waals surface area (Å²) in [6, 6.07) is 9.70. The molecule has 1 aliphatic rings. The third kappa shape index (κ3) is 2.61. The zero-order chi connectivity index (χ0) is 19.1. The van der Waals surface area contributed by atoms with Crippen LogP contribution in [0.2, 0.25) is 0 Å². The van der Waals surface area contributed by atoms with Crippen LogP contribution < -0.4 is 4.74 Å². The predicted octanol–water partition coefficient (Wildman–Crippen LogP) is 3.37. The van der Waals surface area contributed by atoms with E-state index >= 15 is 0 Å². The third-order valence-electron chi connectivity index (χ3n) is 4.97. The molecule has 6 nitrogen and oxygen atoms in total. The van der Waals surface area contributed by atoms with Crippen LogP contribution in [-0.2, 0) is 18.4 Å². The van der Waals surface area contributed by atoms with E-state index in [4.69, 9.17) is 9.47 Å². The van der Waals surface area contributed by atoms with Crippen molar-refractivity contribution in [3.8, 4) is 5.88 Å². The highest BCUT2D eigenvalue weighted by molar-refractivity contribution is 6.24. The number of ether oxygens (including phenoxy) is 2. The fraction of sp³-hybridized carbons (Fsp3) is 0.190. The maximum atomic E-state index is 12.8. The number of allylic oxidation sites excluding steroid dienone is 2. The first-order chi connectivity index (χ1) is 13.0. The zero-order valence-corrected chi connectivity index (χ0v) is 15.3. The van der Waals surface area contributed by atoms with Gasteiger partial charge in [-0.1, -0.05) is 18.2 Å². The Balaban J connectivity index is 1.75. The van der Waals surface area contributed by atoms with Crippen LogP contribution in [0.5, 0.6) is 5.88 Å². The summed E-state index contributed by atoms with van der Waals surface area (Å²) in [5, 5.41) is 1.91. The molecule has 0 radical (unpaired) electrons. The molecule has 0 saturated carbocycles. The van der Waals surface area contributed by atoms with Crippen molar-refractivity contribution in [1.29, 1.82) is 0 Å². The van der Waals surface area contributed by atoms with Gasteiger partial charge in [0.15, 0.2) is 5.76 Å². The fourth-order valence-corrected chi connectivity index (χ4v) is 3.45. The summed E-state index contributed by atoms with van der Waals surface area (Å²) in [6.45, 7) is 1.99. The SMILES string of the molecule is COC1=CC(=O)c2c(c(COc3nccc4ccccc34)c(C)n2C)C1=O. The van der Waals surface area contributed by atoms with Gasteiger partial charge in [-0.25, -0.2) is 4.98 Å². The van der Waals surface area contributed by atoms with Crippen molar-refractivity contribution in [2.24, 2.45) is 7.05 Å². The van der Waals surface area contributed by atoms with E-state index in [1.807, 2.05) is 37.3 Å². The first kappa shape index (κ1) is 17.0. The van der Waals surface area contributed by atoms with E-state index < -0.39 is 0 Å². The number of methoxy groups -OCH3 is 1. The van der Waals surface area contributed by atoms with Crippen molar-refractivity contribution in [2.75, 3.05) is 7.11 Å². The van der Waals surface area contributed by atoms with Gasteiger partial charge in [0.2, 0.25) is 17.4 Å². The summed E-state index contributed by atoms with van der Waals surface area (Å²) in [4.78, 5) is 29.5. The lowest BCUT2D eigenvalue weighted by Crippen LogP contribution is -2.20. The molecule has 0 spiro atoms. The minimum Gasteiger partial charge on any atom is -0.492 e. The van der Waals surface area contributed by atoms with Gasteiger partial charge in [-0.15, -0.1) is 0 Å². The Labute approximate surface area is 156 Å². The first-order valence-electron chi connectivity index (χ1n) is 8.52. The summed E-state index contributed by atoms with van der Waals surface area (Å²) in [7, 11) is 3.15. The van der Waals surface area contributed by atoms with Crippen molar-refractivity contribution in [3.05, 3.63) is 70.9 Å². The molecule has 1 aliphatic carbocycles. The molecule has 6 heteroatoms. The molecule has 2 heterocycles. The van der Waals surface area contributed by atoms with E-state index in [1.165, 1.54) is 13.2 Å². The maximum Gasteiger partial charge on any atom is 0.230 e. The van der Waals surface area contributed by atoms with Crippen LogP contribution in [0.4, 0.5) is 0 Å². The number of carbonyl (C=O) groups is 2. The average molecular weight is 362 g/mol. The van der Waals surface area contributed by atoms with Crippen LogP contribution >= 0.6 is 0 Å². The monoisotopic (exact) mass is 362 g/mol. The van der Waals surface area contributed by atoms with Crippen LogP contribution in [0.1, 0.15) is 32.1 Å². The summed E-state index contributed by atoms with van der Waals surface area (Å²) in [5.41, 5.74) is 2.18. The Bertz CT molecular complexity index is 1120. The molecule has 136 valence electrons. The summed E-state index contributed by atoms with van der Waals surface area (Å²) in [6.07, 6.45) is 2.92. The standard InChI is InChI=1S/C21H18N2O4/c1-12-15(11-27-21-14-7-5-4-6-13(14)8-9-22-21)18-19(23(12)2)16(24)10-17(26-3)20(18)25/h4-10H,11H2,1-3H3. The van der Waals surface area contributed by atoms with Gasteiger partial charge in [0.05, 0.1) is 12.7 Å². The molecule has 0 unspecified atom stereocenters. The molecule has 0 amide bonds. The third-order valence-corrected chi connectivity index (χ3v) is 4.97. The molecule has 0 saturated heterocycles. The van der Waals surface area contributed by atoms with Crippen LogP contribution in [0, 0.1) is 6.92 Å². The first-order valence-corrected chi connectivity index (χ1v) is 8.52. The number of fused-ring (bicyclic) bond motifs is 2. The smallest absolute Gasteiger partial charge is 0.230 e. The van der Waals surface area contributed by atoms with Gasteiger partial charge >= 0.3 is 0 Å². The van der Waals surface area contributed by atoms with Crippen LogP contribution in [-0.4, -0.2) is 28.2 Å². The topological polar surface area (TPSA) is 70.4 Å². The number of rotatable bonds is 4. The van der Waals surface area contributed by atoms with Gasteiger partial charge in [0.25, 0.3) is 0 Å². The molecule has 4 rings (SSSR count). The normalized spacial score (nSPS) is 13.5. The van der Waals surface area contributed by atoms with Gasteiger partial charge in [-0.05, 0) is 24.4 Å². The molecular weight excluding hydrogens is 344 g/mol. The van der Waals surface area contributed by atoms with Gasteiger partial charge in [0.1, 0.15) is 12.3 Å². The fourth-order valence-electron chi connectivity index (χ4n) is 3.45. The van der Waals surface area contributed by atoms with E-state index in [0.717, 1.165) is 16.5 Å². The van der Waals surface area contributed by atoms with Crippen LogP contribution in [0.3, 0.4) is 0 Å². The predicted molar refractivity (Wildman–Crippen MR) is 100.0 cm³/mol. The van der Waals surface area contributed by atoms with Crippen molar-refractivity contribution in [2.45, 2.75) is 13.5 Å². The number of carbonyl (C=O) groups excluding carboxylic acids is 2. The Morgan fingerprint density at radius 2 is 1.93 bits per heavy atom. The summed E-state index contributed by atoms with van der Waals surface area (Å²) in [5.74, 6) is -0.0216. The van der Waals surface area contributed by atoms with Crippen molar-refractivity contribution >= 4 is 22.3 Å². The number of hydrogen-bond donors (Lipinski definition) is 0.